The zero-order chi connectivity index (χ0) is 14.2. The Hall–Kier alpha value is -1.25. The monoisotopic (exact) mass is 292 g/mol. The molecule has 1 unspecified atom stereocenters. The Kier molecular flexibility index (Phi) is 3.75. The van der Waals surface area contributed by atoms with E-state index in [0.29, 0.717) is 12.8 Å². The molecule has 1 heterocycles. The molecule has 8 heteroatoms. The van der Waals surface area contributed by atoms with Crippen LogP contribution in [0.4, 0.5) is 14.5 Å². The van der Waals surface area contributed by atoms with Crippen LogP contribution in [0.25, 0.3) is 0 Å². The Balaban J connectivity index is 2.51. The van der Waals surface area contributed by atoms with Crippen LogP contribution in [0.15, 0.2) is 17.0 Å². The summed E-state index contributed by atoms with van der Waals surface area (Å²) in [6.45, 7) is -0.185. The van der Waals surface area contributed by atoms with E-state index in [1.165, 1.54) is 0 Å². The highest BCUT2D eigenvalue weighted by Crippen LogP contribution is 2.29. The second kappa shape index (κ2) is 5.03. The summed E-state index contributed by atoms with van der Waals surface area (Å²) in [5.41, 5.74) is 5.18. The number of nitrogens with zero attached hydrogens (tertiary/aromatic N) is 1. The highest BCUT2D eigenvalue weighted by Gasteiger charge is 2.37. The first-order valence-electron chi connectivity index (χ1n) is 5.75. The van der Waals surface area contributed by atoms with Gasteiger partial charge in [-0.05, 0) is 25.0 Å². The zero-order valence-corrected chi connectivity index (χ0v) is 10.8. The number of hydrogen-bond donors (Lipinski definition) is 2. The molecule has 2 rings (SSSR count). The van der Waals surface area contributed by atoms with Gasteiger partial charge < -0.3 is 10.8 Å². The van der Waals surface area contributed by atoms with E-state index in [9.17, 15) is 17.2 Å². The van der Waals surface area contributed by atoms with Gasteiger partial charge in [0.15, 0.2) is 11.6 Å². The molecule has 1 atom stereocenters. The Labute approximate surface area is 109 Å². The minimum Gasteiger partial charge on any atom is -0.399 e. The van der Waals surface area contributed by atoms with Gasteiger partial charge in [-0.15, -0.1) is 0 Å². The number of nitrogen functional groups attached to an aromatic ring is 1. The maximum Gasteiger partial charge on any atom is 0.246 e. The maximum atomic E-state index is 13.7. The van der Waals surface area contributed by atoms with Gasteiger partial charge in [-0.25, -0.2) is 17.2 Å². The van der Waals surface area contributed by atoms with Gasteiger partial charge >= 0.3 is 0 Å². The highest BCUT2D eigenvalue weighted by molar-refractivity contribution is 7.89. The van der Waals surface area contributed by atoms with Crippen LogP contribution in [0.5, 0.6) is 0 Å². The first-order chi connectivity index (χ1) is 8.87. The number of benzene rings is 1. The van der Waals surface area contributed by atoms with Gasteiger partial charge in [0.05, 0.1) is 6.61 Å². The van der Waals surface area contributed by atoms with Gasteiger partial charge in [0.2, 0.25) is 10.0 Å². The molecule has 19 heavy (non-hydrogen) atoms. The Morgan fingerprint density at radius 3 is 2.74 bits per heavy atom. The summed E-state index contributed by atoms with van der Waals surface area (Å²) >= 11 is 0. The molecule has 0 spiro atoms. The van der Waals surface area contributed by atoms with Gasteiger partial charge in [0.25, 0.3) is 0 Å². The van der Waals surface area contributed by atoms with Crippen LogP contribution < -0.4 is 5.73 Å². The number of anilines is 1. The third-order valence-corrected chi connectivity index (χ3v) is 5.09. The van der Waals surface area contributed by atoms with Crippen molar-refractivity contribution in [3.8, 4) is 0 Å². The van der Waals surface area contributed by atoms with Crippen LogP contribution in [0.3, 0.4) is 0 Å². The normalized spacial score (nSPS) is 20.9. The van der Waals surface area contributed by atoms with Crippen molar-refractivity contribution in [2.45, 2.75) is 23.8 Å². The van der Waals surface area contributed by atoms with Gasteiger partial charge in [-0.3, -0.25) is 0 Å². The molecular formula is C11H14F2N2O3S. The van der Waals surface area contributed by atoms with E-state index in [1.54, 1.807) is 0 Å². The molecule has 1 fully saturated rings. The van der Waals surface area contributed by atoms with Crippen molar-refractivity contribution in [2.24, 2.45) is 0 Å². The zero-order valence-electron chi connectivity index (χ0n) is 10.0. The van der Waals surface area contributed by atoms with Gasteiger partial charge in [-0.1, -0.05) is 0 Å². The van der Waals surface area contributed by atoms with Gasteiger partial charge in [0.1, 0.15) is 4.90 Å². The van der Waals surface area contributed by atoms with Gasteiger partial charge in [-0.2, -0.15) is 4.31 Å². The number of aliphatic hydroxyl groups excluding tert-OH is 1. The lowest BCUT2D eigenvalue weighted by molar-refractivity contribution is 0.213. The van der Waals surface area contributed by atoms with Crippen molar-refractivity contribution >= 4 is 15.7 Å². The lowest BCUT2D eigenvalue weighted by atomic mass is 10.2. The summed E-state index contributed by atoms with van der Waals surface area (Å²) in [5.74, 6) is -2.75. The van der Waals surface area contributed by atoms with Crippen LogP contribution in [0.1, 0.15) is 12.8 Å². The largest absolute Gasteiger partial charge is 0.399 e. The molecule has 0 bridgehead atoms. The van der Waals surface area contributed by atoms with Gasteiger partial charge in [0, 0.05) is 18.3 Å². The molecule has 1 aliphatic heterocycles. The molecule has 3 N–H and O–H groups in total. The molecule has 1 aliphatic rings. The maximum absolute atomic E-state index is 13.7. The molecule has 1 aromatic carbocycles. The minimum absolute atomic E-state index is 0.169. The number of hydrogen-bond acceptors (Lipinski definition) is 4. The third-order valence-electron chi connectivity index (χ3n) is 3.14. The average Bonchev–Trinajstić information content (AvgIpc) is 2.82. The minimum atomic E-state index is -4.20. The number of aliphatic hydroxyl groups is 1. The molecule has 1 aromatic rings. The Morgan fingerprint density at radius 2 is 2.11 bits per heavy atom. The summed E-state index contributed by atoms with van der Waals surface area (Å²) in [6, 6.07) is 1.01. The van der Waals surface area contributed by atoms with Crippen molar-refractivity contribution < 1.29 is 22.3 Å². The predicted octanol–water partition coefficient (Wildman–Crippen LogP) is 0.692. The molecule has 0 aromatic heterocycles. The van der Waals surface area contributed by atoms with Crippen LogP contribution in [-0.2, 0) is 10.0 Å². The molecule has 0 amide bonds. The van der Waals surface area contributed by atoms with Crippen molar-refractivity contribution in [3.05, 3.63) is 23.8 Å². The summed E-state index contributed by atoms with van der Waals surface area (Å²) in [6.07, 6.45) is 1.05. The first-order valence-corrected chi connectivity index (χ1v) is 7.19. The quantitative estimate of drug-likeness (QED) is 0.803. The predicted molar refractivity (Wildman–Crippen MR) is 64.8 cm³/mol. The first kappa shape index (κ1) is 14.2. The van der Waals surface area contributed by atoms with Crippen molar-refractivity contribution in [3.63, 3.8) is 0 Å². The molecule has 106 valence electrons. The summed E-state index contributed by atoms with van der Waals surface area (Å²) in [5, 5.41) is 9.13. The second-order valence-corrected chi connectivity index (χ2v) is 6.27. The summed E-state index contributed by atoms with van der Waals surface area (Å²) < 4.78 is 52.5. The number of nitrogens with two attached hydrogens (primary N) is 1. The van der Waals surface area contributed by atoms with E-state index in [0.717, 1.165) is 16.4 Å². The number of rotatable bonds is 3. The van der Waals surface area contributed by atoms with E-state index >= 15 is 0 Å². The molecule has 0 radical (unpaired) electrons. The fourth-order valence-corrected chi connectivity index (χ4v) is 4.00. The molecule has 1 saturated heterocycles. The van der Waals surface area contributed by atoms with Crippen molar-refractivity contribution in [2.75, 3.05) is 18.9 Å². The van der Waals surface area contributed by atoms with E-state index in [-0.39, 0.29) is 18.8 Å². The molecule has 0 aliphatic carbocycles. The molecule has 0 saturated carbocycles. The molecular weight excluding hydrogens is 278 g/mol. The highest BCUT2D eigenvalue weighted by atomic mass is 32.2. The second-order valence-electron chi connectivity index (χ2n) is 4.41. The van der Waals surface area contributed by atoms with E-state index in [2.05, 4.69) is 0 Å². The fraction of sp³-hybridized carbons (Fsp3) is 0.455. The third kappa shape index (κ3) is 2.43. The summed E-state index contributed by atoms with van der Waals surface area (Å²) in [4.78, 5) is -0.787. The van der Waals surface area contributed by atoms with E-state index in [4.69, 9.17) is 10.8 Å². The fourth-order valence-electron chi connectivity index (χ4n) is 2.21. The van der Waals surface area contributed by atoms with E-state index < -0.39 is 32.6 Å². The Bertz CT molecular complexity index is 592. The average molecular weight is 292 g/mol. The topological polar surface area (TPSA) is 83.6 Å². The SMILES string of the molecule is Nc1cc(F)c(F)c(S(=O)(=O)N2CCCC2CO)c1. The standard InChI is InChI=1S/C11H14F2N2O3S/c12-9-4-7(14)5-10(11(9)13)19(17,18)15-3-1-2-8(15)6-16/h4-5,8,16H,1-3,6,14H2. The van der Waals surface area contributed by atoms with Crippen LogP contribution in [0.2, 0.25) is 0 Å². The number of halogens is 2. The van der Waals surface area contributed by atoms with E-state index in [1.807, 2.05) is 0 Å². The van der Waals surface area contributed by atoms with Crippen LogP contribution in [-0.4, -0.2) is 37.0 Å². The Morgan fingerprint density at radius 1 is 1.42 bits per heavy atom. The number of sulfonamides is 1. The van der Waals surface area contributed by atoms with Crippen molar-refractivity contribution in [1.29, 1.82) is 0 Å². The lowest BCUT2D eigenvalue weighted by Gasteiger charge is -2.22. The smallest absolute Gasteiger partial charge is 0.246 e. The van der Waals surface area contributed by atoms with Crippen LogP contribution >= 0.6 is 0 Å². The van der Waals surface area contributed by atoms with Crippen molar-refractivity contribution in [1.82, 2.24) is 4.31 Å². The molecule has 5 nitrogen and oxygen atoms in total. The van der Waals surface area contributed by atoms with Crippen LogP contribution in [0, 0.1) is 11.6 Å². The lowest BCUT2D eigenvalue weighted by Crippen LogP contribution is -2.38. The summed E-state index contributed by atoms with van der Waals surface area (Å²) in [7, 11) is -4.20.